The second-order valence-electron chi connectivity index (χ2n) is 3.84. The zero-order valence-corrected chi connectivity index (χ0v) is 11.7. The number of benzene rings is 1. The Hall–Kier alpha value is -1.47. The van der Waals surface area contributed by atoms with Gasteiger partial charge in [-0.2, -0.15) is 0 Å². The molecule has 2 N–H and O–H groups in total. The van der Waals surface area contributed by atoms with E-state index < -0.39 is 23.7 Å². The lowest BCUT2D eigenvalue weighted by atomic mass is 10.1. The van der Waals surface area contributed by atoms with Gasteiger partial charge in [-0.3, -0.25) is 4.79 Å². The number of carboxylic acid groups (broad SMARTS) is 1. The van der Waals surface area contributed by atoms with Crippen LogP contribution in [-0.2, 0) is 20.7 Å². The number of hydrogen-bond donors (Lipinski definition) is 2. The van der Waals surface area contributed by atoms with Gasteiger partial charge < -0.3 is 15.2 Å². The minimum absolute atomic E-state index is 0.0353. The first kappa shape index (κ1) is 15.6. The van der Waals surface area contributed by atoms with Gasteiger partial charge in [0.1, 0.15) is 5.82 Å². The van der Waals surface area contributed by atoms with Crippen molar-refractivity contribution < 1.29 is 23.8 Å². The Kier molecular flexibility index (Phi) is 5.91. The largest absolute Gasteiger partial charge is 0.480 e. The van der Waals surface area contributed by atoms with Gasteiger partial charge in [0, 0.05) is 7.11 Å². The SMILES string of the molecule is COCC(NC(=O)Cc1ccc(F)c(Br)c1)C(=O)O. The van der Waals surface area contributed by atoms with E-state index in [9.17, 15) is 14.0 Å². The van der Waals surface area contributed by atoms with Gasteiger partial charge in [-0.05, 0) is 33.6 Å². The first-order chi connectivity index (χ1) is 8.93. The Labute approximate surface area is 117 Å². The lowest BCUT2D eigenvalue weighted by Gasteiger charge is -2.13. The van der Waals surface area contributed by atoms with Crippen LogP contribution in [0.15, 0.2) is 22.7 Å². The third-order valence-corrected chi connectivity index (χ3v) is 2.92. The molecule has 1 unspecified atom stereocenters. The molecule has 0 aromatic heterocycles. The zero-order chi connectivity index (χ0) is 14.4. The van der Waals surface area contributed by atoms with Gasteiger partial charge in [0.15, 0.2) is 6.04 Å². The quantitative estimate of drug-likeness (QED) is 0.823. The first-order valence-electron chi connectivity index (χ1n) is 5.39. The van der Waals surface area contributed by atoms with E-state index in [1.807, 2.05) is 0 Å². The van der Waals surface area contributed by atoms with E-state index in [1.54, 1.807) is 0 Å². The van der Waals surface area contributed by atoms with Crippen molar-refractivity contribution in [1.82, 2.24) is 5.32 Å². The zero-order valence-electron chi connectivity index (χ0n) is 10.2. The summed E-state index contributed by atoms with van der Waals surface area (Å²) in [7, 11) is 1.35. The summed E-state index contributed by atoms with van der Waals surface area (Å²) in [5.41, 5.74) is 0.576. The van der Waals surface area contributed by atoms with Crippen molar-refractivity contribution in [3.63, 3.8) is 0 Å². The third-order valence-electron chi connectivity index (χ3n) is 2.32. The Morgan fingerprint density at radius 1 is 1.53 bits per heavy atom. The van der Waals surface area contributed by atoms with E-state index in [0.717, 1.165) is 0 Å². The fraction of sp³-hybridized carbons (Fsp3) is 0.333. The predicted molar refractivity (Wildman–Crippen MR) is 69.2 cm³/mol. The molecule has 104 valence electrons. The molecule has 0 saturated carbocycles. The maximum Gasteiger partial charge on any atom is 0.328 e. The first-order valence-corrected chi connectivity index (χ1v) is 6.18. The highest BCUT2D eigenvalue weighted by molar-refractivity contribution is 9.10. The van der Waals surface area contributed by atoms with Gasteiger partial charge in [-0.25, -0.2) is 9.18 Å². The number of halogens is 2. The second kappa shape index (κ2) is 7.20. The molecular weight excluding hydrogens is 321 g/mol. The van der Waals surface area contributed by atoms with Crippen LogP contribution in [0.1, 0.15) is 5.56 Å². The molecule has 1 aromatic rings. The van der Waals surface area contributed by atoms with Crippen molar-refractivity contribution in [3.8, 4) is 0 Å². The summed E-state index contributed by atoms with van der Waals surface area (Å²) in [6.45, 7) is -0.117. The molecule has 5 nitrogen and oxygen atoms in total. The van der Waals surface area contributed by atoms with Gasteiger partial charge in [0.25, 0.3) is 0 Å². The van der Waals surface area contributed by atoms with Crippen LogP contribution in [0.5, 0.6) is 0 Å². The Balaban J connectivity index is 2.63. The highest BCUT2D eigenvalue weighted by Gasteiger charge is 2.19. The molecule has 0 aliphatic carbocycles. The summed E-state index contributed by atoms with van der Waals surface area (Å²) in [6.07, 6.45) is -0.0353. The highest BCUT2D eigenvalue weighted by atomic mass is 79.9. The van der Waals surface area contributed by atoms with E-state index in [4.69, 9.17) is 9.84 Å². The number of nitrogens with one attached hydrogen (secondary N) is 1. The molecule has 0 fully saturated rings. The number of carboxylic acids is 1. The minimum atomic E-state index is -1.17. The number of ether oxygens (including phenoxy) is 1. The number of methoxy groups -OCH3 is 1. The predicted octanol–water partition coefficient (Wildman–Crippen LogP) is 1.35. The summed E-state index contributed by atoms with van der Waals surface area (Å²) in [4.78, 5) is 22.5. The molecule has 0 saturated heterocycles. The topological polar surface area (TPSA) is 75.6 Å². The molecule has 1 atom stereocenters. The van der Waals surface area contributed by atoms with E-state index in [2.05, 4.69) is 21.2 Å². The van der Waals surface area contributed by atoms with Crippen LogP contribution >= 0.6 is 15.9 Å². The summed E-state index contributed by atoms with van der Waals surface area (Å²) in [5.74, 6) is -2.06. The van der Waals surface area contributed by atoms with Crippen molar-refractivity contribution in [2.45, 2.75) is 12.5 Å². The van der Waals surface area contributed by atoms with E-state index in [1.165, 1.54) is 25.3 Å². The fourth-order valence-electron chi connectivity index (χ4n) is 1.42. The second-order valence-corrected chi connectivity index (χ2v) is 4.69. The molecule has 0 aliphatic heterocycles. The van der Waals surface area contributed by atoms with Gasteiger partial charge in [-0.1, -0.05) is 6.07 Å². The molecular formula is C12H13BrFNO4. The number of hydrogen-bond acceptors (Lipinski definition) is 3. The van der Waals surface area contributed by atoms with Crippen LogP contribution < -0.4 is 5.32 Å². The van der Waals surface area contributed by atoms with Gasteiger partial charge in [-0.15, -0.1) is 0 Å². The van der Waals surface area contributed by atoms with Crippen molar-refractivity contribution in [3.05, 3.63) is 34.1 Å². The van der Waals surface area contributed by atoms with E-state index in [0.29, 0.717) is 5.56 Å². The number of carbonyl (C=O) groups excluding carboxylic acids is 1. The fourth-order valence-corrected chi connectivity index (χ4v) is 1.85. The minimum Gasteiger partial charge on any atom is -0.480 e. The average molecular weight is 334 g/mol. The highest BCUT2D eigenvalue weighted by Crippen LogP contribution is 2.17. The number of amides is 1. The molecule has 0 heterocycles. The smallest absolute Gasteiger partial charge is 0.328 e. The van der Waals surface area contributed by atoms with Crippen molar-refractivity contribution in [2.75, 3.05) is 13.7 Å². The van der Waals surface area contributed by atoms with Crippen molar-refractivity contribution in [2.24, 2.45) is 0 Å². The molecule has 0 spiro atoms. The molecule has 0 bridgehead atoms. The van der Waals surface area contributed by atoms with Crippen LogP contribution in [0.4, 0.5) is 4.39 Å². The lowest BCUT2D eigenvalue weighted by molar-refractivity contribution is -0.143. The average Bonchev–Trinajstić information content (AvgIpc) is 2.33. The summed E-state index contributed by atoms with van der Waals surface area (Å²) in [6, 6.07) is 3.07. The molecule has 1 amide bonds. The Morgan fingerprint density at radius 3 is 2.74 bits per heavy atom. The maximum absolute atomic E-state index is 13.0. The molecule has 0 aliphatic rings. The normalized spacial score (nSPS) is 11.9. The van der Waals surface area contributed by atoms with Crippen molar-refractivity contribution in [1.29, 1.82) is 0 Å². The Bertz CT molecular complexity index is 481. The number of carbonyl (C=O) groups is 2. The molecule has 19 heavy (non-hydrogen) atoms. The standard InChI is InChI=1S/C12H13BrFNO4/c1-19-6-10(12(17)18)15-11(16)5-7-2-3-9(14)8(13)4-7/h2-4,10H,5-6H2,1H3,(H,15,16)(H,17,18). The monoisotopic (exact) mass is 333 g/mol. The van der Waals surface area contributed by atoms with Gasteiger partial charge in [0.05, 0.1) is 17.5 Å². The molecule has 7 heteroatoms. The van der Waals surface area contributed by atoms with E-state index >= 15 is 0 Å². The van der Waals surface area contributed by atoms with Gasteiger partial charge in [0.2, 0.25) is 5.91 Å². The summed E-state index contributed by atoms with van der Waals surface area (Å²) >= 11 is 3.01. The lowest BCUT2D eigenvalue weighted by Crippen LogP contribution is -2.44. The van der Waals surface area contributed by atoms with Crippen molar-refractivity contribution >= 4 is 27.8 Å². The van der Waals surface area contributed by atoms with E-state index in [-0.39, 0.29) is 17.5 Å². The summed E-state index contributed by atoms with van der Waals surface area (Å²) in [5, 5.41) is 11.2. The van der Waals surface area contributed by atoms with Gasteiger partial charge >= 0.3 is 5.97 Å². The van der Waals surface area contributed by atoms with Crippen LogP contribution in [0.2, 0.25) is 0 Å². The summed E-state index contributed by atoms with van der Waals surface area (Å²) < 4.78 is 18.0. The molecule has 1 rings (SSSR count). The maximum atomic E-state index is 13.0. The third kappa shape index (κ3) is 4.96. The van der Waals surface area contributed by atoms with Crippen LogP contribution in [0.3, 0.4) is 0 Å². The molecule has 0 radical (unpaired) electrons. The number of aliphatic carboxylic acids is 1. The van der Waals surface area contributed by atoms with Crippen LogP contribution in [0.25, 0.3) is 0 Å². The molecule has 1 aromatic carbocycles. The number of rotatable bonds is 6. The van der Waals surface area contributed by atoms with Crippen LogP contribution in [-0.4, -0.2) is 36.7 Å². The van der Waals surface area contributed by atoms with Crippen LogP contribution in [0, 0.1) is 5.82 Å². The Morgan fingerprint density at radius 2 is 2.21 bits per heavy atom.